The molecule has 1 saturated heterocycles. The van der Waals surface area contributed by atoms with E-state index in [0.29, 0.717) is 12.8 Å². The van der Waals surface area contributed by atoms with Crippen LogP contribution in [0.15, 0.2) is 24.3 Å². The number of carboxylic acids is 1. The summed E-state index contributed by atoms with van der Waals surface area (Å²) in [5.41, 5.74) is 0.121. The Morgan fingerprint density at radius 2 is 1.95 bits per heavy atom. The lowest BCUT2D eigenvalue weighted by atomic mass is 9.95. The fraction of sp³-hybridized carbons (Fsp3) is 0.533. The summed E-state index contributed by atoms with van der Waals surface area (Å²) in [5.74, 6) is -0.00942. The Morgan fingerprint density at radius 3 is 2.58 bits per heavy atom. The second-order valence-electron chi connectivity index (χ2n) is 5.31. The standard InChI is InChI=1S/C15H18O4/c16-14(17)15(7-8-15)12-3-1-2-4-13(12)19-11-5-9-18-10-6-11/h1-4,11H,5-10H2,(H,16,17). The van der Waals surface area contributed by atoms with E-state index in [1.165, 1.54) is 0 Å². The molecule has 19 heavy (non-hydrogen) atoms. The van der Waals surface area contributed by atoms with Gasteiger partial charge in [0.1, 0.15) is 11.9 Å². The third kappa shape index (κ3) is 2.32. The summed E-state index contributed by atoms with van der Waals surface area (Å²) in [6.07, 6.45) is 3.29. The molecule has 1 N–H and O–H groups in total. The van der Waals surface area contributed by atoms with Crippen LogP contribution in [0.3, 0.4) is 0 Å². The van der Waals surface area contributed by atoms with E-state index in [2.05, 4.69) is 0 Å². The molecule has 0 unspecified atom stereocenters. The third-order valence-electron chi connectivity index (χ3n) is 4.02. The lowest BCUT2D eigenvalue weighted by Crippen LogP contribution is -2.27. The Hall–Kier alpha value is -1.55. The van der Waals surface area contributed by atoms with Crippen molar-refractivity contribution in [3.05, 3.63) is 29.8 Å². The Bertz CT molecular complexity index is 473. The maximum Gasteiger partial charge on any atom is 0.314 e. The number of carbonyl (C=O) groups is 1. The average Bonchev–Trinajstić information content (AvgIpc) is 3.22. The molecule has 3 rings (SSSR count). The topological polar surface area (TPSA) is 55.8 Å². The van der Waals surface area contributed by atoms with E-state index in [1.54, 1.807) is 0 Å². The van der Waals surface area contributed by atoms with Gasteiger partial charge in [0.15, 0.2) is 0 Å². The van der Waals surface area contributed by atoms with E-state index in [9.17, 15) is 9.90 Å². The molecule has 0 spiro atoms. The van der Waals surface area contributed by atoms with Crippen LogP contribution in [0.25, 0.3) is 0 Å². The minimum Gasteiger partial charge on any atom is -0.490 e. The maximum absolute atomic E-state index is 11.5. The molecule has 0 radical (unpaired) electrons. The highest BCUT2D eigenvalue weighted by molar-refractivity contribution is 5.86. The van der Waals surface area contributed by atoms with Crippen molar-refractivity contribution in [3.8, 4) is 5.75 Å². The molecule has 1 aliphatic heterocycles. The molecule has 102 valence electrons. The molecule has 4 nitrogen and oxygen atoms in total. The average molecular weight is 262 g/mol. The molecule has 1 aromatic rings. The first-order valence-corrected chi connectivity index (χ1v) is 6.80. The molecule has 4 heteroatoms. The van der Waals surface area contributed by atoms with Crippen LogP contribution in [0.1, 0.15) is 31.2 Å². The van der Waals surface area contributed by atoms with E-state index in [0.717, 1.165) is 37.4 Å². The predicted octanol–water partition coefficient (Wildman–Crippen LogP) is 2.36. The van der Waals surface area contributed by atoms with E-state index in [-0.39, 0.29) is 6.10 Å². The number of hydrogen-bond acceptors (Lipinski definition) is 3. The lowest BCUT2D eigenvalue weighted by molar-refractivity contribution is -0.140. The molecule has 2 aliphatic rings. The number of ether oxygens (including phenoxy) is 2. The summed E-state index contributed by atoms with van der Waals surface area (Å²) in [6.45, 7) is 1.44. The van der Waals surface area contributed by atoms with Crippen molar-refractivity contribution in [3.63, 3.8) is 0 Å². The molecular weight excluding hydrogens is 244 g/mol. The van der Waals surface area contributed by atoms with Gasteiger partial charge in [-0.1, -0.05) is 18.2 Å². The van der Waals surface area contributed by atoms with E-state index >= 15 is 0 Å². The number of aliphatic carboxylic acids is 1. The zero-order chi connectivity index (χ0) is 13.3. The fourth-order valence-electron chi connectivity index (χ4n) is 2.66. The quantitative estimate of drug-likeness (QED) is 0.905. The van der Waals surface area contributed by atoms with Gasteiger partial charge in [0.05, 0.1) is 18.6 Å². The van der Waals surface area contributed by atoms with Crippen molar-refractivity contribution in [2.24, 2.45) is 0 Å². The zero-order valence-electron chi connectivity index (χ0n) is 10.8. The second kappa shape index (κ2) is 4.85. The second-order valence-corrected chi connectivity index (χ2v) is 5.31. The van der Waals surface area contributed by atoms with Crippen molar-refractivity contribution in [1.29, 1.82) is 0 Å². The Labute approximate surface area is 112 Å². The number of carboxylic acid groups (broad SMARTS) is 1. The molecule has 0 atom stereocenters. The number of rotatable bonds is 4. The molecule has 1 aliphatic carbocycles. The van der Waals surface area contributed by atoms with Crippen LogP contribution >= 0.6 is 0 Å². The molecule has 2 fully saturated rings. The Kier molecular flexibility index (Phi) is 3.19. The molecular formula is C15H18O4. The highest BCUT2D eigenvalue weighted by Crippen LogP contribution is 2.51. The van der Waals surface area contributed by atoms with Crippen molar-refractivity contribution in [2.45, 2.75) is 37.2 Å². The van der Waals surface area contributed by atoms with Gasteiger partial charge in [0.2, 0.25) is 0 Å². The summed E-state index contributed by atoms with van der Waals surface area (Å²) in [6, 6.07) is 7.55. The van der Waals surface area contributed by atoms with Gasteiger partial charge < -0.3 is 14.6 Å². The Balaban J connectivity index is 1.83. The molecule has 1 heterocycles. The first-order chi connectivity index (χ1) is 9.22. The van der Waals surface area contributed by atoms with Gasteiger partial charge in [-0.3, -0.25) is 4.79 Å². The summed E-state index contributed by atoms with van der Waals surface area (Å²) in [5, 5.41) is 9.41. The van der Waals surface area contributed by atoms with E-state index < -0.39 is 11.4 Å². The van der Waals surface area contributed by atoms with Crippen LogP contribution in [-0.2, 0) is 14.9 Å². The largest absolute Gasteiger partial charge is 0.490 e. The summed E-state index contributed by atoms with van der Waals surface area (Å²) in [7, 11) is 0. The molecule has 1 aromatic carbocycles. The van der Waals surface area contributed by atoms with Gasteiger partial charge in [0, 0.05) is 18.4 Å². The van der Waals surface area contributed by atoms with Gasteiger partial charge in [0.25, 0.3) is 0 Å². The van der Waals surface area contributed by atoms with Gasteiger partial charge in [-0.25, -0.2) is 0 Å². The van der Waals surface area contributed by atoms with Crippen LogP contribution in [0, 0.1) is 0 Å². The zero-order valence-corrected chi connectivity index (χ0v) is 10.8. The van der Waals surface area contributed by atoms with Crippen molar-refractivity contribution in [1.82, 2.24) is 0 Å². The van der Waals surface area contributed by atoms with Gasteiger partial charge in [-0.05, 0) is 18.9 Å². The normalized spacial score (nSPS) is 21.9. The van der Waals surface area contributed by atoms with Crippen molar-refractivity contribution < 1.29 is 19.4 Å². The SMILES string of the molecule is O=C(O)C1(c2ccccc2OC2CCOCC2)CC1. The van der Waals surface area contributed by atoms with Crippen LogP contribution in [0.5, 0.6) is 5.75 Å². The summed E-state index contributed by atoms with van der Waals surface area (Å²) in [4.78, 5) is 11.5. The third-order valence-corrected chi connectivity index (χ3v) is 4.02. The smallest absolute Gasteiger partial charge is 0.314 e. The highest BCUT2D eigenvalue weighted by Gasteiger charge is 2.53. The highest BCUT2D eigenvalue weighted by atomic mass is 16.5. The van der Waals surface area contributed by atoms with Gasteiger partial charge >= 0.3 is 5.97 Å². The van der Waals surface area contributed by atoms with Crippen LogP contribution in [-0.4, -0.2) is 30.4 Å². The molecule has 1 saturated carbocycles. The van der Waals surface area contributed by atoms with Crippen LogP contribution in [0.2, 0.25) is 0 Å². The predicted molar refractivity (Wildman–Crippen MR) is 69.5 cm³/mol. The maximum atomic E-state index is 11.5. The van der Waals surface area contributed by atoms with Crippen LogP contribution < -0.4 is 4.74 Å². The van der Waals surface area contributed by atoms with Crippen LogP contribution in [0.4, 0.5) is 0 Å². The monoisotopic (exact) mass is 262 g/mol. The molecule has 0 bridgehead atoms. The molecule has 0 aromatic heterocycles. The number of benzene rings is 1. The minimum atomic E-state index is -0.740. The Morgan fingerprint density at radius 1 is 1.26 bits per heavy atom. The minimum absolute atomic E-state index is 0.138. The van der Waals surface area contributed by atoms with Crippen molar-refractivity contribution >= 4 is 5.97 Å². The van der Waals surface area contributed by atoms with E-state index in [1.807, 2.05) is 24.3 Å². The lowest BCUT2D eigenvalue weighted by Gasteiger charge is -2.25. The first-order valence-electron chi connectivity index (χ1n) is 6.80. The summed E-state index contributed by atoms with van der Waals surface area (Å²) >= 11 is 0. The fourth-order valence-corrected chi connectivity index (χ4v) is 2.66. The molecule has 0 amide bonds. The summed E-state index contributed by atoms with van der Waals surface area (Å²) < 4.78 is 11.3. The van der Waals surface area contributed by atoms with Gasteiger partial charge in [-0.15, -0.1) is 0 Å². The van der Waals surface area contributed by atoms with Crippen molar-refractivity contribution in [2.75, 3.05) is 13.2 Å². The number of para-hydroxylation sites is 1. The first kappa shape index (κ1) is 12.5. The van der Waals surface area contributed by atoms with E-state index in [4.69, 9.17) is 9.47 Å². The number of hydrogen-bond donors (Lipinski definition) is 1. The van der Waals surface area contributed by atoms with Gasteiger partial charge in [-0.2, -0.15) is 0 Å².